The zero-order valence-electron chi connectivity index (χ0n) is 13.6. The average molecular weight is 350 g/mol. The number of fused-ring (bicyclic) bond motifs is 1. The molecule has 0 aromatic carbocycles. The summed E-state index contributed by atoms with van der Waals surface area (Å²) in [6.45, 7) is 2.68. The number of nitrogens with zero attached hydrogens (tertiary/aromatic N) is 4. The van der Waals surface area contributed by atoms with Crippen molar-refractivity contribution < 1.29 is 13.2 Å². The van der Waals surface area contributed by atoms with Crippen molar-refractivity contribution in [1.29, 1.82) is 0 Å². The second-order valence-electron chi connectivity index (χ2n) is 6.94. The number of carbonyl (C=O) groups excluding carboxylic acids is 1. The van der Waals surface area contributed by atoms with E-state index in [1.54, 1.807) is 0 Å². The number of sulfone groups is 1. The van der Waals surface area contributed by atoms with Gasteiger partial charge >= 0.3 is 0 Å². The van der Waals surface area contributed by atoms with Crippen LogP contribution in [-0.2, 0) is 27.5 Å². The number of hydrogen-bond acceptors (Lipinski definition) is 6. The lowest BCUT2D eigenvalue weighted by molar-refractivity contribution is -0.135. The Hall–Kier alpha value is -1.70. The van der Waals surface area contributed by atoms with Crippen LogP contribution in [-0.4, -0.2) is 67.1 Å². The van der Waals surface area contributed by atoms with Crippen LogP contribution in [0.3, 0.4) is 0 Å². The maximum Gasteiger partial charge on any atom is 0.226 e. The van der Waals surface area contributed by atoms with Crippen molar-refractivity contribution in [3.63, 3.8) is 0 Å². The Morgan fingerprint density at radius 3 is 2.62 bits per heavy atom. The summed E-state index contributed by atoms with van der Waals surface area (Å²) >= 11 is 0. The van der Waals surface area contributed by atoms with Crippen LogP contribution >= 0.6 is 0 Å². The Balaban J connectivity index is 1.37. The van der Waals surface area contributed by atoms with Gasteiger partial charge in [-0.3, -0.25) is 4.79 Å². The van der Waals surface area contributed by atoms with Gasteiger partial charge in [0.15, 0.2) is 15.7 Å². The van der Waals surface area contributed by atoms with Crippen LogP contribution in [0.25, 0.3) is 0 Å². The molecule has 24 heavy (non-hydrogen) atoms. The molecule has 2 aliphatic heterocycles. The van der Waals surface area contributed by atoms with Gasteiger partial charge in [-0.05, 0) is 37.3 Å². The third-order valence-corrected chi connectivity index (χ3v) is 7.07. The van der Waals surface area contributed by atoms with E-state index in [2.05, 4.69) is 21.2 Å². The highest BCUT2D eigenvalue weighted by molar-refractivity contribution is 7.91. The highest BCUT2D eigenvalue weighted by Crippen LogP contribution is 2.25. The van der Waals surface area contributed by atoms with Crippen molar-refractivity contribution in [2.75, 3.05) is 42.6 Å². The minimum absolute atomic E-state index is 0.00392. The van der Waals surface area contributed by atoms with Crippen molar-refractivity contribution in [3.8, 4) is 0 Å². The van der Waals surface area contributed by atoms with Gasteiger partial charge in [0.1, 0.15) is 0 Å². The van der Waals surface area contributed by atoms with Gasteiger partial charge < -0.3 is 9.80 Å². The lowest BCUT2D eigenvalue weighted by Crippen LogP contribution is -2.50. The third kappa shape index (κ3) is 2.99. The fourth-order valence-corrected chi connectivity index (χ4v) is 5.61. The van der Waals surface area contributed by atoms with Gasteiger partial charge in [0.05, 0.1) is 23.1 Å². The maximum absolute atomic E-state index is 12.5. The number of aryl methyl sites for hydroxylation is 2. The smallest absolute Gasteiger partial charge is 0.226 e. The number of amides is 1. The van der Waals surface area contributed by atoms with Crippen molar-refractivity contribution >= 4 is 21.6 Å². The molecular weight excluding hydrogens is 328 g/mol. The Morgan fingerprint density at radius 1 is 1.12 bits per heavy atom. The van der Waals surface area contributed by atoms with Crippen molar-refractivity contribution in [1.82, 2.24) is 15.1 Å². The molecule has 2 fully saturated rings. The highest BCUT2D eigenvalue weighted by atomic mass is 32.2. The molecule has 1 unspecified atom stereocenters. The maximum atomic E-state index is 12.5. The van der Waals surface area contributed by atoms with E-state index in [-0.39, 0.29) is 23.3 Å². The van der Waals surface area contributed by atoms with E-state index in [0.29, 0.717) is 19.5 Å². The van der Waals surface area contributed by atoms with Crippen LogP contribution in [0, 0.1) is 5.92 Å². The summed E-state index contributed by atoms with van der Waals surface area (Å²) in [5.41, 5.74) is 2.42. The monoisotopic (exact) mass is 350 g/mol. The molecule has 1 aliphatic carbocycles. The van der Waals surface area contributed by atoms with Crippen LogP contribution in [0.15, 0.2) is 6.07 Å². The number of rotatable bonds is 2. The first kappa shape index (κ1) is 15.8. The standard InChI is InChI=1S/C16H22N4O3S/c21-16(13-4-9-24(22,23)11-13)20-7-5-19(6-8-20)15-10-12-2-1-3-14(12)17-18-15/h10,13H,1-9,11H2. The molecule has 8 heteroatoms. The van der Waals surface area contributed by atoms with E-state index in [0.717, 1.165) is 43.9 Å². The highest BCUT2D eigenvalue weighted by Gasteiger charge is 2.36. The van der Waals surface area contributed by atoms with Gasteiger partial charge in [-0.2, -0.15) is 5.10 Å². The molecule has 0 radical (unpaired) electrons. The van der Waals surface area contributed by atoms with E-state index in [9.17, 15) is 13.2 Å². The average Bonchev–Trinajstić information content (AvgIpc) is 3.19. The number of piperazine rings is 1. The third-order valence-electron chi connectivity index (χ3n) is 5.30. The van der Waals surface area contributed by atoms with Crippen molar-refractivity contribution in [3.05, 3.63) is 17.3 Å². The van der Waals surface area contributed by atoms with Gasteiger partial charge in [0.2, 0.25) is 5.91 Å². The fraction of sp³-hybridized carbons (Fsp3) is 0.688. The normalized spacial score (nSPS) is 25.8. The van der Waals surface area contributed by atoms with Crippen LogP contribution in [0.4, 0.5) is 5.82 Å². The van der Waals surface area contributed by atoms with Gasteiger partial charge in [0, 0.05) is 26.2 Å². The molecule has 0 N–H and O–H groups in total. The molecular formula is C16H22N4O3S. The molecule has 0 spiro atoms. The summed E-state index contributed by atoms with van der Waals surface area (Å²) in [6, 6.07) is 2.14. The summed E-state index contributed by atoms with van der Waals surface area (Å²) in [6.07, 6.45) is 3.72. The second-order valence-corrected chi connectivity index (χ2v) is 9.17. The SMILES string of the molecule is O=C(C1CCS(=O)(=O)C1)N1CCN(c2cc3c(nn2)CCC3)CC1. The Morgan fingerprint density at radius 2 is 1.92 bits per heavy atom. The molecule has 1 amide bonds. The molecule has 2 saturated heterocycles. The first-order valence-corrected chi connectivity index (χ1v) is 10.4. The molecule has 0 bridgehead atoms. The van der Waals surface area contributed by atoms with Crippen LogP contribution in [0.2, 0.25) is 0 Å². The van der Waals surface area contributed by atoms with Gasteiger partial charge in [-0.25, -0.2) is 8.42 Å². The minimum atomic E-state index is -3.01. The number of anilines is 1. The van der Waals surface area contributed by atoms with E-state index < -0.39 is 9.84 Å². The predicted octanol–water partition coefficient (Wildman–Crippen LogP) is 0.0486. The Labute approximate surface area is 142 Å². The van der Waals surface area contributed by atoms with Crippen LogP contribution in [0.1, 0.15) is 24.1 Å². The quantitative estimate of drug-likeness (QED) is 0.749. The first-order valence-electron chi connectivity index (χ1n) is 8.61. The molecule has 1 aromatic rings. The van der Waals surface area contributed by atoms with Crippen molar-refractivity contribution in [2.45, 2.75) is 25.7 Å². The summed E-state index contributed by atoms with van der Waals surface area (Å²) in [7, 11) is -3.01. The fourth-order valence-electron chi connectivity index (χ4n) is 3.88. The first-order chi connectivity index (χ1) is 11.5. The van der Waals surface area contributed by atoms with E-state index in [4.69, 9.17) is 0 Å². The van der Waals surface area contributed by atoms with Crippen LogP contribution < -0.4 is 4.90 Å². The second kappa shape index (κ2) is 5.98. The van der Waals surface area contributed by atoms with Crippen molar-refractivity contribution in [2.24, 2.45) is 5.92 Å². The summed E-state index contributed by atoms with van der Waals surface area (Å²) in [5.74, 6) is 0.708. The van der Waals surface area contributed by atoms with E-state index in [1.807, 2.05) is 4.90 Å². The van der Waals surface area contributed by atoms with Gasteiger partial charge in [0.25, 0.3) is 0 Å². The number of carbonyl (C=O) groups is 1. The number of aromatic nitrogens is 2. The summed E-state index contributed by atoms with van der Waals surface area (Å²) < 4.78 is 23.1. The topological polar surface area (TPSA) is 83.5 Å². The molecule has 3 heterocycles. The molecule has 7 nitrogen and oxygen atoms in total. The van der Waals surface area contributed by atoms with Gasteiger partial charge in [-0.1, -0.05) is 0 Å². The molecule has 1 atom stereocenters. The Bertz CT molecular complexity index is 757. The van der Waals surface area contributed by atoms with E-state index >= 15 is 0 Å². The minimum Gasteiger partial charge on any atom is -0.352 e. The number of hydrogen-bond donors (Lipinski definition) is 0. The molecule has 0 saturated carbocycles. The molecule has 4 rings (SSSR count). The largest absolute Gasteiger partial charge is 0.352 e. The van der Waals surface area contributed by atoms with E-state index in [1.165, 1.54) is 5.56 Å². The van der Waals surface area contributed by atoms with Gasteiger partial charge in [-0.15, -0.1) is 5.10 Å². The lowest BCUT2D eigenvalue weighted by atomic mass is 10.1. The molecule has 1 aromatic heterocycles. The molecule has 130 valence electrons. The lowest BCUT2D eigenvalue weighted by Gasteiger charge is -2.36. The zero-order chi connectivity index (χ0) is 16.7. The predicted molar refractivity (Wildman–Crippen MR) is 89.6 cm³/mol. The Kier molecular flexibility index (Phi) is 3.94. The molecule has 3 aliphatic rings. The van der Waals surface area contributed by atoms with Crippen LogP contribution in [0.5, 0.6) is 0 Å². The summed E-state index contributed by atoms with van der Waals surface area (Å²) in [5, 5.41) is 8.66. The zero-order valence-corrected chi connectivity index (χ0v) is 14.5. The summed E-state index contributed by atoms with van der Waals surface area (Å²) in [4.78, 5) is 16.5.